The Kier molecular flexibility index (Phi) is 7.06. The van der Waals surface area contributed by atoms with E-state index in [1.54, 1.807) is 23.5 Å². The van der Waals surface area contributed by atoms with Crippen molar-refractivity contribution in [3.8, 4) is 0 Å². The average Bonchev–Trinajstić information content (AvgIpc) is 3.36. The van der Waals surface area contributed by atoms with Gasteiger partial charge in [0.25, 0.3) is 0 Å². The first-order chi connectivity index (χ1) is 18.2. The molecule has 0 saturated carbocycles. The standard InChI is InChI=1S/C32H27ClN2S2/c33-30-23(11-6-20-36-31-25-12-3-1-7-21(25)14-17-27(31)34)9-5-10-24(30)16-19-29-35-28-18-15-22-8-2-4-13-26(22)32(28)37-29/h1-4,6-8,11-19,35H,5,9-10,20,34H2/b11-6+,24-16+,29-19-. The van der Waals surface area contributed by atoms with E-state index in [1.807, 2.05) is 6.07 Å². The van der Waals surface area contributed by atoms with Crippen LogP contribution in [0, 0.1) is 0 Å². The lowest BCUT2D eigenvalue weighted by Crippen LogP contribution is -1.98. The molecule has 0 radical (unpaired) electrons. The SMILES string of the molecule is Nc1ccc2ccccc2c1SC/C=C/C1=C(Cl)C(=C/C=C2/Nc3ccc4ccccc4c3S2)/CCC1. The summed E-state index contributed by atoms with van der Waals surface area (Å²) in [5.74, 6) is 0.849. The van der Waals surface area contributed by atoms with Gasteiger partial charge in [-0.15, -0.1) is 11.8 Å². The Hall–Kier alpha value is -3.05. The van der Waals surface area contributed by atoms with Crippen LogP contribution in [-0.4, -0.2) is 5.75 Å². The molecule has 0 unspecified atom stereocenters. The van der Waals surface area contributed by atoms with Crippen LogP contribution >= 0.6 is 35.1 Å². The second kappa shape index (κ2) is 10.7. The zero-order chi connectivity index (χ0) is 25.2. The molecule has 2 aliphatic rings. The van der Waals surface area contributed by atoms with Gasteiger partial charge in [-0.2, -0.15) is 0 Å². The van der Waals surface area contributed by atoms with Crippen molar-refractivity contribution in [1.29, 1.82) is 0 Å². The molecular formula is C32H27ClN2S2. The molecule has 0 aromatic heterocycles. The summed E-state index contributed by atoms with van der Waals surface area (Å²) < 4.78 is 0. The van der Waals surface area contributed by atoms with Crippen LogP contribution in [0.25, 0.3) is 21.5 Å². The molecule has 184 valence electrons. The Morgan fingerprint density at radius 1 is 0.892 bits per heavy atom. The van der Waals surface area contributed by atoms with E-state index in [1.165, 1.54) is 43.3 Å². The van der Waals surface area contributed by atoms with Gasteiger partial charge < -0.3 is 11.1 Å². The second-order valence-corrected chi connectivity index (χ2v) is 11.7. The van der Waals surface area contributed by atoms with Crippen LogP contribution in [0.4, 0.5) is 11.4 Å². The Labute approximate surface area is 231 Å². The van der Waals surface area contributed by atoms with E-state index >= 15 is 0 Å². The van der Waals surface area contributed by atoms with Crippen molar-refractivity contribution in [2.45, 2.75) is 29.1 Å². The number of halogens is 1. The summed E-state index contributed by atoms with van der Waals surface area (Å²) in [7, 11) is 0. The van der Waals surface area contributed by atoms with Gasteiger partial charge in [-0.05, 0) is 70.2 Å². The Morgan fingerprint density at radius 3 is 2.51 bits per heavy atom. The first kappa shape index (κ1) is 24.3. The molecule has 3 N–H and O–H groups in total. The summed E-state index contributed by atoms with van der Waals surface area (Å²) in [5, 5.41) is 10.6. The zero-order valence-electron chi connectivity index (χ0n) is 20.3. The Balaban J connectivity index is 1.16. The highest BCUT2D eigenvalue weighted by Gasteiger charge is 2.19. The number of hydrogen-bond donors (Lipinski definition) is 2. The lowest BCUT2D eigenvalue weighted by molar-refractivity contribution is 0.792. The van der Waals surface area contributed by atoms with Crippen molar-refractivity contribution < 1.29 is 0 Å². The number of nitrogens with one attached hydrogen (secondary N) is 1. The van der Waals surface area contributed by atoms with Gasteiger partial charge in [-0.3, -0.25) is 0 Å². The van der Waals surface area contributed by atoms with Crippen molar-refractivity contribution in [2.75, 3.05) is 16.8 Å². The summed E-state index contributed by atoms with van der Waals surface area (Å²) in [5.41, 5.74) is 10.7. The highest BCUT2D eigenvalue weighted by molar-refractivity contribution is 8.04. The third-order valence-electron chi connectivity index (χ3n) is 6.79. The van der Waals surface area contributed by atoms with Crippen molar-refractivity contribution in [2.24, 2.45) is 0 Å². The summed E-state index contributed by atoms with van der Waals surface area (Å²) >= 11 is 10.4. The van der Waals surface area contributed by atoms with Gasteiger partial charge in [0.15, 0.2) is 0 Å². The van der Waals surface area contributed by atoms with E-state index < -0.39 is 0 Å². The van der Waals surface area contributed by atoms with Crippen LogP contribution in [0.3, 0.4) is 0 Å². The number of nitrogen functional groups attached to an aromatic ring is 1. The van der Waals surface area contributed by atoms with Crippen LogP contribution in [-0.2, 0) is 0 Å². The number of hydrogen-bond acceptors (Lipinski definition) is 4. The highest BCUT2D eigenvalue weighted by atomic mass is 35.5. The molecule has 0 spiro atoms. The Bertz CT molecular complexity index is 1630. The molecule has 0 fully saturated rings. The third-order valence-corrected chi connectivity index (χ3v) is 9.49. The van der Waals surface area contributed by atoms with Crippen molar-refractivity contribution in [3.63, 3.8) is 0 Å². The molecule has 37 heavy (non-hydrogen) atoms. The maximum absolute atomic E-state index is 6.88. The number of benzene rings is 4. The maximum Gasteiger partial charge on any atom is 0.0775 e. The average molecular weight is 539 g/mol. The smallest absolute Gasteiger partial charge is 0.0775 e. The quantitative estimate of drug-likeness (QED) is 0.196. The molecule has 1 heterocycles. The highest BCUT2D eigenvalue weighted by Crippen LogP contribution is 2.45. The van der Waals surface area contributed by atoms with Gasteiger partial charge in [0.1, 0.15) is 0 Å². The minimum absolute atomic E-state index is 0.832. The molecule has 0 saturated heterocycles. The lowest BCUT2D eigenvalue weighted by atomic mass is 9.94. The van der Waals surface area contributed by atoms with E-state index in [2.05, 4.69) is 96.4 Å². The largest absolute Gasteiger partial charge is 0.398 e. The van der Waals surface area contributed by atoms with Gasteiger partial charge in [0.05, 0.1) is 10.7 Å². The number of nitrogens with two attached hydrogens (primary N) is 1. The number of rotatable bonds is 5. The van der Waals surface area contributed by atoms with Crippen molar-refractivity contribution in [3.05, 3.63) is 118 Å². The van der Waals surface area contributed by atoms with Crippen molar-refractivity contribution in [1.82, 2.24) is 0 Å². The molecule has 1 aliphatic heterocycles. The predicted octanol–water partition coefficient (Wildman–Crippen LogP) is 9.89. The molecule has 2 nitrogen and oxygen atoms in total. The molecule has 4 aromatic rings. The number of thioether (sulfide) groups is 2. The molecule has 1 aliphatic carbocycles. The van der Waals surface area contributed by atoms with Crippen LogP contribution in [0.15, 0.2) is 128 Å². The van der Waals surface area contributed by atoms with E-state index in [-0.39, 0.29) is 0 Å². The maximum atomic E-state index is 6.88. The van der Waals surface area contributed by atoms with E-state index in [4.69, 9.17) is 17.3 Å². The fourth-order valence-corrected chi connectivity index (χ4v) is 7.21. The minimum atomic E-state index is 0.832. The first-order valence-corrected chi connectivity index (χ1v) is 14.7. The molecule has 5 heteroatoms. The molecule has 4 aromatic carbocycles. The third kappa shape index (κ3) is 5.06. The fourth-order valence-electron chi connectivity index (χ4n) is 4.92. The van der Waals surface area contributed by atoms with E-state index in [9.17, 15) is 0 Å². The molecule has 0 atom stereocenters. The summed E-state index contributed by atoms with van der Waals surface area (Å²) in [4.78, 5) is 2.44. The molecule has 6 rings (SSSR count). The molecule has 0 bridgehead atoms. The van der Waals surface area contributed by atoms with Crippen LogP contribution in [0.5, 0.6) is 0 Å². The summed E-state index contributed by atoms with van der Waals surface area (Å²) in [6.45, 7) is 0. The Morgan fingerprint density at radius 2 is 1.65 bits per heavy atom. The van der Waals surface area contributed by atoms with Gasteiger partial charge >= 0.3 is 0 Å². The summed E-state index contributed by atoms with van der Waals surface area (Å²) in [6, 6.07) is 25.4. The zero-order valence-corrected chi connectivity index (χ0v) is 22.7. The molecule has 0 amide bonds. The van der Waals surface area contributed by atoms with E-state index in [0.717, 1.165) is 45.7 Å². The number of anilines is 2. The number of fused-ring (bicyclic) bond motifs is 4. The van der Waals surface area contributed by atoms with E-state index in [0.29, 0.717) is 0 Å². The first-order valence-electron chi connectivity index (χ1n) is 12.5. The molecular weight excluding hydrogens is 512 g/mol. The van der Waals surface area contributed by atoms with Crippen LogP contribution < -0.4 is 11.1 Å². The minimum Gasteiger partial charge on any atom is -0.398 e. The van der Waals surface area contributed by atoms with Gasteiger partial charge in [-0.1, -0.05) is 102 Å². The monoisotopic (exact) mass is 538 g/mol. The van der Waals surface area contributed by atoms with Crippen LogP contribution in [0.2, 0.25) is 0 Å². The predicted molar refractivity (Wildman–Crippen MR) is 165 cm³/mol. The van der Waals surface area contributed by atoms with Gasteiger partial charge in [0, 0.05) is 26.3 Å². The lowest BCUT2D eigenvalue weighted by Gasteiger charge is -2.16. The second-order valence-electron chi connectivity index (χ2n) is 9.22. The normalized spacial score (nSPS) is 17.9. The van der Waals surface area contributed by atoms with Gasteiger partial charge in [0.2, 0.25) is 0 Å². The van der Waals surface area contributed by atoms with Gasteiger partial charge in [-0.25, -0.2) is 0 Å². The summed E-state index contributed by atoms with van der Waals surface area (Å²) in [6.07, 6.45) is 11.9. The van der Waals surface area contributed by atoms with Crippen LogP contribution in [0.1, 0.15) is 19.3 Å². The number of allylic oxidation sites excluding steroid dienone is 6. The fraction of sp³-hybridized carbons (Fsp3) is 0.125. The van der Waals surface area contributed by atoms with Crippen molar-refractivity contribution >= 4 is 68.0 Å². The topological polar surface area (TPSA) is 38.0 Å².